The van der Waals surface area contributed by atoms with Crippen molar-refractivity contribution in [1.29, 1.82) is 0 Å². The van der Waals surface area contributed by atoms with Gasteiger partial charge in [-0.2, -0.15) is 0 Å². The van der Waals surface area contributed by atoms with Crippen LogP contribution >= 0.6 is 11.3 Å². The molecule has 1 heterocycles. The molecule has 0 amide bonds. The van der Waals surface area contributed by atoms with E-state index in [1.54, 1.807) is 0 Å². The Morgan fingerprint density at radius 3 is 2.76 bits per heavy atom. The third kappa shape index (κ3) is 3.94. The van der Waals surface area contributed by atoms with E-state index in [0.29, 0.717) is 11.0 Å². The van der Waals surface area contributed by atoms with Gasteiger partial charge < -0.3 is 10.6 Å². The Kier molecular flexibility index (Phi) is 4.83. The van der Waals surface area contributed by atoms with Crippen LogP contribution in [0.1, 0.15) is 20.3 Å². The fourth-order valence-corrected chi connectivity index (χ4v) is 2.01. The van der Waals surface area contributed by atoms with E-state index in [1.807, 2.05) is 11.9 Å². The molecule has 0 radical (unpaired) electrons. The van der Waals surface area contributed by atoms with Crippen molar-refractivity contribution < 1.29 is 4.92 Å². The van der Waals surface area contributed by atoms with Gasteiger partial charge >= 0.3 is 5.00 Å². The van der Waals surface area contributed by atoms with E-state index in [9.17, 15) is 10.1 Å². The molecule has 2 N–H and O–H groups in total. The zero-order valence-electron chi connectivity index (χ0n) is 10.3. The number of nitrogens with zero attached hydrogens (tertiary/aromatic N) is 3. The lowest BCUT2D eigenvalue weighted by molar-refractivity contribution is -0.380. The van der Waals surface area contributed by atoms with Gasteiger partial charge in [-0.1, -0.05) is 13.8 Å². The quantitative estimate of drug-likeness (QED) is 0.621. The van der Waals surface area contributed by atoms with E-state index in [-0.39, 0.29) is 11.0 Å². The fraction of sp³-hybridized carbons (Fsp3) is 0.700. The summed E-state index contributed by atoms with van der Waals surface area (Å²) < 4.78 is 0. The molecule has 1 rings (SSSR count). The molecule has 1 aromatic rings. The molecule has 1 aromatic heterocycles. The average molecular weight is 258 g/mol. The number of nitrogens with two attached hydrogens (primary N) is 1. The van der Waals surface area contributed by atoms with Gasteiger partial charge in [-0.05, 0) is 23.7 Å². The van der Waals surface area contributed by atoms with Gasteiger partial charge in [-0.3, -0.25) is 10.1 Å². The van der Waals surface area contributed by atoms with Crippen molar-refractivity contribution in [3.8, 4) is 0 Å². The fourth-order valence-electron chi connectivity index (χ4n) is 1.29. The van der Waals surface area contributed by atoms with Gasteiger partial charge in [0.1, 0.15) is 6.20 Å². The molecule has 0 spiro atoms. The Morgan fingerprint density at radius 1 is 1.65 bits per heavy atom. The molecule has 0 fully saturated rings. The van der Waals surface area contributed by atoms with Crippen LogP contribution in [0.2, 0.25) is 0 Å². The summed E-state index contributed by atoms with van der Waals surface area (Å²) >= 11 is 1.08. The van der Waals surface area contributed by atoms with Crippen LogP contribution in [0.15, 0.2) is 6.20 Å². The van der Waals surface area contributed by atoms with Crippen molar-refractivity contribution in [2.45, 2.75) is 26.3 Å². The average Bonchev–Trinajstić information content (AvgIpc) is 2.74. The highest BCUT2D eigenvalue weighted by atomic mass is 32.1. The Labute approximate surface area is 105 Å². The van der Waals surface area contributed by atoms with Crippen LogP contribution < -0.4 is 10.6 Å². The lowest BCUT2D eigenvalue weighted by Gasteiger charge is -2.20. The van der Waals surface area contributed by atoms with Crippen LogP contribution in [0.4, 0.5) is 10.1 Å². The number of aromatic nitrogens is 1. The molecule has 1 unspecified atom stereocenters. The second kappa shape index (κ2) is 5.92. The minimum absolute atomic E-state index is 0.0695. The first-order valence-electron chi connectivity index (χ1n) is 5.48. The van der Waals surface area contributed by atoms with Crippen LogP contribution in [-0.4, -0.2) is 29.5 Å². The molecule has 96 valence electrons. The minimum Gasteiger partial charge on any atom is -0.351 e. The first kappa shape index (κ1) is 13.9. The summed E-state index contributed by atoms with van der Waals surface area (Å²) in [7, 11) is 1.87. The lowest BCUT2D eigenvalue weighted by Crippen LogP contribution is -2.31. The first-order chi connectivity index (χ1) is 7.91. The van der Waals surface area contributed by atoms with Gasteiger partial charge in [-0.25, -0.2) is 4.98 Å². The van der Waals surface area contributed by atoms with Gasteiger partial charge in [0, 0.05) is 19.6 Å². The summed E-state index contributed by atoms with van der Waals surface area (Å²) in [5.74, 6) is 0.439. The Hall–Kier alpha value is -1.21. The highest BCUT2D eigenvalue weighted by Crippen LogP contribution is 2.27. The van der Waals surface area contributed by atoms with Gasteiger partial charge in [-0.15, -0.1) is 0 Å². The molecular weight excluding hydrogens is 240 g/mol. The smallest absolute Gasteiger partial charge is 0.345 e. The molecule has 0 aliphatic heterocycles. The van der Waals surface area contributed by atoms with Crippen LogP contribution in [-0.2, 0) is 0 Å². The number of hydrogen-bond donors (Lipinski definition) is 1. The maximum atomic E-state index is 10.5. The van der Waals surface area contributed by atoms with Crippen LogP contribution in [0.3, 0.4) is 0 Å². The molecule has 6 nitrogen and oxygen atoms in total. The van der Waals surface area contributed by atoms with Crippen molar-refractivity contribution in [1.82, 2.24) is 4.98 Å². The number of nitro groups is 1. The Bertz CT molecular complexity index is 380. The SMILES string of the molecule is CC(C)C(N)CCN(C)c1ncc([N+](=O)[O-])s1. The highest BCUT2D eigenvalue weighted by molar-refractivity contribution is 7.18. The van der Waals surface area contributed by atoms with Gasteiger partial charge in [0.2, 0.25) is 0 Å². The van der Waals surface area contributed by atoms with E-state index in [2.05, 4.69) is 18.8 Å². The molecule has 0 bridgehead atoms. The summed E-state index contributed by atoms with van der Waals surface area (Å²) in [5, 5.41) is 11.3. The van der Waals surface area contributed by atoms with Crippen molar-refractivity contribution in [2.75, 3.05) is 18.5 Å². The topological polar surface area (TPSA) is 85.3 Å². The van der Waals surface area contributed by atoms with Crippen molar-refractivity contribution in [3.63, 3.8) is 0 Å². The predicted octanol–water partition coefficient (Wildman–Crippen LogP) is 1.86. The molecule has 0 saturated carbocycles. The molecule has 7 heteroatoms. The van der Waals surface area contributed by atoms with Gasteiger partial charge in [0.25, 0.3) is 0 Å². The zero-order valence-corrected chi connectivity index (χ0v) is 11.1. The monoisotopic (exact) mass is 258 g/mol. The lowest BCUT2D eigenvalue weighted by atomic mass is 10.0. The second-order valence-corrected chi connectivity index (χ2v) is 5.34. The molecular formula is C10H18N4O2S. The van der Waals surface area contributed by atoms with E-state index >= 15 is 0 Å². The predicted molar refractivity (Wildman–Crippen MR) is 69.5 cm³/mol. The summed E-state index contributed by atoms with van der Waals surface area (Å²) in [5.41, 5.74) is 5.94. The molecule has 0 aromatic carbocycles. The molecule has 0 saturated heterocycles. The summed E-state index contributed by atoms with van der Waals surface area (Å²) in [6.45, 7) is 4.92. The third-order valence-corrected chi connectivity index (χ3v) is 3.71. The maximum Gasteiger partial charge on any atom is 0.345 e. The molecule has 1 atom stereocenters. The largest absolute Gasteiger partial charge is 0.351 e. The Balaban J connectivity index is 2.52. The van der Waals surface area contributed by atoms with Crippen molar-refractivity contribution in [2.24, 2.45) is 11.7 Å². The molecule has 17 heavy (non-hydrogen) atoms. The number of hydrogen-bond acceptors (Lipinski definition) is 6. The summed E-state index contributed by atoms with van der Waals surface area (Å²) in [4.78, 5) is 16.0. The standard InChI is InChI=1S/C10H18N4O2S/c1-7(2)8(11)4-5-13(3)10-12-6-9(17-10)14(15)16/h6-8H,4-5,11H2,1-3H3. The van der Waals surface area contributed by atoms with Crippen LogP contribution in [0.25, 0.3) is 0 Å². The minimum atomic E-state index is -0.422. The van der Waals surface area contributed by atoms with Gasteiger partial charge in [0.15, 0.2) is 5.13 Å². The molecule has 0 aliphatic rings. The number of thiazole rings is 1. The third-order valence-electron chi connectivity index (χ3n) is 2.64. The first-order valence-corrected chi connectivity index (χ1v) is 6.30. The second-order valence-electron chi connectivity index (χ2n) is 4.36. The van der Waals surface area contributed by atoms with Crippen LogP contribution in [0, 0.1) is 16.0 Å². The number of rotatable bonds is 6. The van der Waals surface area contributed by atoms with Crippen molar-refractivity contribution >= 4 is 21.5 Å². The molecule has 0 aliphatic carbocycles. The maximum absolute atomic E-state index is 10.5. The van der Waals surface area contributed by atoms with E-state index in [4.69, 9.17) is 5.73 Å². The summed E-state index contributed by atoms with van der Waals surface area (Å²) in [6.07, 6.45) is 2.14. The highest BCUT2D eigenvalue weighted by Gasteiger charge is 2.15. The Morgan fingerprint density at radius 2 is 2.29 bits per heavy atom. The van der Waals surface area contributed by atoms with Crippen LogP contribution in [0.5, 0.6) is 0 Å². The normalized spacial score (nSPS) is 12.8. The zero-order chi connectivity index (χ0) is 13.0. The van der Waals surface area contributed by atoms with E-state index < -0.39 is 4.92 Å². The van der Waals surface area contributed by atoms with Crippen molar-refractivity contribution in [3.05, 3.63) is 16.3 Å². The number of anilines is 1. The van der Waals surface area contributed by atoms with Gasteiger partial charge in [0.05, 0.1) is 4.92 Å². The van der Waals surface area contributed by atoms with E-state index in [0.717, 1.165) is 24.3 Å². The summed E-state index contributed by atoms with van der Waals surface area (Å²) in [6, 6.07) is 0.146. The van der Waals surface area contributed by atoms with E-state index in [1.165, 1.54) is 6.20 Å².